The number of phenolic OH excluding ortho intramolecular Hbond substituents is 1. The molecule has 30 heavy (non-hydrogen) atoms. The number of hydrogen-bond donors (Lipinski definition) is 2. The first-order valence-corrected chi connectivity index (χ1v) is 11.1. The highest BCUT2D eigenvalue weighted by Gasteiger charge is 2.48. The van der Waals surface area contributed by atoms with E-state index in [2.05, 4.69) is 37.9 Å². The zero-order valence-electron chi connectivity index (χ0n) is 17.0. The zero-order valence-corrected chi connectivity index (χ0v) is 20.3. The molecule has 160 valence electrons. The number of halogens is 2. The number of nitrogens with zero attached hydrogens (tertiary/aromatic N) is 1. The van der Waals surface area contributed by atoms with Crippen molar-refractivity contribution in [2.75, 3.05) is 5.75 Å². The van der Waals surface area contributed by atoms with Gasteiger partial charge >= 0.3 is 0 Å². The van der Waals surface area contributed by atoms with Gasteiger partial charge < -0.3 is 15.2 Å². The minimum Gasteiger partial charge on any atom is -0.506 e. The van der Waals surface area contributed by atoms with Gasteiger partial charge in [-0.1, -0.05) is 59.8 Å². The third-order valence-electron chi connectivity index (χ3n) is 5.29. The van der Waals surface area contributed by atoms with Gasteiger partial charge in [0.15, 0.2) is 5.17 Å². The number of benzene rings is 2. The molecule has 2 aromatic rings. The number of thioether (sulfide) groups is 1. The van der Waals surface area contributed by atoms with Crippen molar-refractivity contribution in [3.05, 3.63) is 71.3 Å². The monoisotopic (exact) mass is 508 g/mol. The van der Waals surface area contributed by atoms with Gasteiger partial charge in [0.05, 0.1) is 5.02 Å². The first-order chi connectivity index (χ1) is 13.8. The van der Waals surface area contributed by atoms with Crippen LogP contribution in [-0.2, 0) is 0 Å². The second kappa shape index (κ2) is 8.85. The van der Waals surface area contributed by atoms with E-state index in [1.807, 2.05) is 30.3 Å². The molecule has 0 aromatic heterocycles. The quantitative estimate of drug-likeness (QED) is 0.478. The van der Waals surface area contributed by atoms with Crippen LogP contribution in [0.5, 0.6) is 11.5 Å². The summed E-state index contributed by atoms with van der Waals surface area (Å²) in [7, 11) is 0. The summed E-state index contributed by atoms with van der Waals surface area (Å²) in [6, 6.07) is 13.8. The Morgan fingerprint density at radius 3 is 2.77 bits per heavy atom. The van der Waals surface area contributed by atoms with E-state index in [1.54, 1.807) is 17.8 Å². The van der Waals surface area contributed by atoms with Crippen LogP contribution in [0.15, 0.2) is 60.1 Å². The molecule has 0 saturated carbocycles. The highest BCUT2D eigenvalue weighted by Crippen LogP contribution is 2.50. The molecule has 0 bridgehead atoms. The highest BCUT2D eigenvalue weighted by molar-refractivity contribution is 8.93. The smallest absolute Gasteiger partial charge is 0.206 e. The standard InChI is InChI=1S/C23H25ClN2O2S.BrH/c1-4-10-29-21-25-22(2,3)14-23(26-21)13-17(15-8-6-5-7-9-15)16-11-18(24)19(27)12-20(16)28-23;/h4-9,11-12,17,27H,1,10,13-14H2,2-3H3,(H,25,26);1H. The van der Waals surface area contributed by atoms with Crippen molar-refractivity contribution in [2.24, 2.45) is 4.99 Å². The van der Waals surface area contributed by atoms with Gasteiger partial charge in [0.1, 0.15) is 11.5 Å². The summed E-state index contributed by atoms with van der Waals surface area (Å²) in [6.07, 6.45) is 3.28. The summed E-state index contributed by atoms with van der Waals surface area (Å²) in [5.41, 5.74) is 1.27. The molecule has 4 nitrogen and oxygen atoms in total. The van der Waals surface area contributed by atoms with Crippen molar-refractivity contribution in [2.45, 2.75) is 43.9 Å². The fourth-order valence-electron chi connectivity index (χ4n) is 4.24. The van der Waals surface area contributed by atoms with Crippen molar-refractivity contribution >= 4 is 45.5 Å². The zero-order chi connectivity index (χ0) is 20.6. The van der Waals surface area contributed by atoms with Crippen LogP contribution >= 0.6 is 40.3 Å². The molecular weight excluding hydrogens is 484 g/mol. The number of phenols is 1. The maximum atomic E-state index is 10.2. The van der Waals surface area contributed by atoms with Gasteiger partial charge in [0.25, 0.3) is 0 Å². The molecule has 1 spiro atoms. The molecule has 2 aliphatic rings. The molecule has 4 rings (SSSR count). The molecule has 2 aliphatic heterocycles. The summed E-state index contributed by atoms with van der Waals surface area (Å²) in [6.45, 7) is 8.13. The molecule has 2 atom stereocenters. The molecule has 2 unspecified atom stereocenters. The van der Waals surface area contributed by atoms with Gasteiger partial charge in [-0.15, -0.1) is 23.6 Å². The van der Waals surface area contributed by atoms with E-state index in [4.69, 9.17) is 21.3 Å². The van der Waals surface area contributed by atoms with Crippen molar-refractivity contribution < 1.29 is 9.84 Å². The van der Waals surface area contributed by atoms with E-state index in [-0.39, 0.29) is 34.2 Å². The molecule has 0 aliphatic carbocycles. The largest absolute Gasteiger partial charge is 0.506 e. The molecule has 2 heterocycles. The minimum atomic E-state index is -0.716. The first-order valence-electron chi connectivity index (χ1n) is 9.69. The molecule has 0 amide bonds. The van der Waals surface area contributed by atoms with Gasteiger partial charge in [-0.2, -0.15) is 0 Å². The molecule has 0 fully saturated rings. The average molecular weight is 510 g/mol. The average Bonchev–Trinajstić information content (AvgIpc) is 2.66. The van der Waals surface area contributed by atoms with E-state index in [0.29, 0.717) is 23.6 Å². The molecule has 7 heteroatoms. The van der Waals surface area contributed by atoms with E-state index < -0.39 is 5.72 Å². The maximum Gasteiger partial charge on any atom is 0.206 e. The summed E-state index contributed by atoms with van der Waals surface area (Å²) in [4.78, 5) is 5.02. The predicted molar refractivity (Wildman–Crippen MR) is 132 cm³/mol. The van der Waals surface area contributed by atoms with Crippen molar-refractivity contribution in [1.82, 2.24) is 5.32 Å². The van der Waals surface area contributed by atoms with Crippen molar-refractivity contribution in [1.29, 1.82) is 0 Å². The Labute approximate surface area is 197 Å². The number of aromatic hydroxyl groups is 1. The Balaban J connectivity index is 0.00000256. The van der Waals surface area contributed by atoms with Gasteiger partial charge in [-0.25, -0.2) is 4.99 Å². The van der Waals surface area contributed by atoms with Crippen LogP contribution in [0.2, 0.25) is 5.02 Å². The molecule has 2 aromatic carbocycles. The predicted octanol–water partition coefficient (Wildman–Crippen LogP) is 6.28. The fourth-order valence-corrected chi connectivity index (χ4v) is 5.26. The Bertz CT molecular complexity index is 967. The van der Waals surface area contributed by atoms with E-state index in [1.165, 1.54) is 5.56 Å². The Kier molecular flexibility index (Phi) is 6.80. The van der Waals surface area contributed by atoms with E-state index in [9.17, 15) is 5.11 Å². The van der Waals surface area contributed by atoms with Crippen molar-refractivity contribution in [3.8, 4) is 11.5 Å². The highest BCUT2D eigenvalue weighted by atomic mass is 79.9. The van der Waals surface area contributed by atoms with Crippen LogP contribution in [0.25, 0.3) is 0 Å². The van der Waals surface area contributed by atoms with Crippen LogP contribution in [-0.4, -0.2) is 27.3 Å². The molecule has 2 N–H and O–H groups in total. The minimum absolute atomic E-state index is 0. The summed E-state index contributed by atoms with van der Waals surface area (Å²) < 4.78 is 6.51. The topological polar surface area (TPSA) is 53.9 Å². The maximum absolute atomic E-state index is 10.2. The number of rotatable bonds is 3. The first kappa shape index (κ1) is 23.0. The Hall–Kier alpha value is -1.63. The number of hydrogen-bond acceptors (Lipinski definition) is 5. The van der Waals surface area contributed by atoms with Crippen LogP contribution in [0.1, 0.15) is 43.7 Å². The van der Waals surface area contributed by atoms with Gasteiger partial charge in [-0.05, 0) is 25.5 Å². The lowest BCUT2D eigenvalue weighted by Crippen LogP contribution is -2.57. The van der Waals surface area contributed by atoms with Crippen LogP contribution in [0.4, 0.5) is 0 Å². The molecule has 0 saturated heterocycles. The van der Waals surface area contributed by atoms with Gasteiger partial charge in [0, 0.05) is 41.7 Å². The number of ether oxygens (including phenoxy) is 1. The number of aliphatic imine (C=N–C) groups is 1. The number of fused-ring (bicyclic) bond motifs is 1. The lowest BCUT2D eigenvalue weighted by Gasteiger charge is -2.47. The Morgan fingerprint density at radius 1 is 1.33 bits per heavy atom. The van der Waals surface area contributed by atoms with Crippen LogP contribution < -0.4 is 10.1 Å². The van der Waals surface area contributed by atoms with Gasteiger partial charge in [-0.3, -0.25) is 0 Å². The van der Waals surface area contributed by atoms with Crippen molar-refractivity contribution in [3.63, 3.8) is 0 Å². The molecule has 0 radical (unpaired) electrons. The Morgan fingerprint density at radius 2 is 2.07 bits per heavy atom. The SMILES string of the molecule is Br.C=CCSC1=NC2(CC(c3ccccc3)c3cc(Cl)c(O)cc3O2)CC(C)(C)N1. The summed E-state index contributed by atoms with van der Waals surface area (Å²) in [5, 5.41) is 14.9. The second-order valence-electron chi connectivity index (χ2n) is 8.26. The van der Waals surface area contributed by atoms with E-state index in [0.717, 1.165) is 16.5 Å². The third kappa shape index (κ3) is 4.66. The molecular formula is C23H26BrClN2O2S. The van der Waals surface area contributed by atoms with Gasteiger partial charge in [0.2, 0.25) is 5.72 Å². The van der Waals surface area contributed by atoms with Crippen LogP contribution in [0, 0.1) is 0 Å². The lowest BCUT2D eigenvalue weighted by atomic mass is 9.78. The summed E-state index contributed by atoms with van der Waals surface area (Å²) >= 11 is 7.87. The van der Waals surface area contributed by atoms with Crippen LogP contribution in [0.3, 0.4) is 0 Å². The summed E-state index contributed by atoms with van der Waals surface area (Å²) in [5.74, 6) is 1.50. The second-order valence-corrected chi connectivity index (χ2v) is 9.68. The third-order valence-corrected chi connectivity index (χ3v) is 6.46. The lowest BCUT2D eigenvalue weighted by molar-refractivity contribution is 0.0134. The number of amidine groups is 1. The number of nitrogens with one attached hydrogen (secondary N) is 1. The van der Waals surface area contributed by atoms with E-state index >= 15 is 0 Å². The normalized spacial score (nSPS) is 24.0. The fraction of sp³-hybridized carbons (Fsp3) is 0.348.